The first-order valence-electron chi connectivity index (χ1n) is 7.07. The summed E-state index contributed by atoms with van der Waals surface area (Å²) >= 11 is 0. The Morgan fingerprint density at radius 1 is 1.29 bits per heavy atom. The van der Waals surface area contributed by atoms with E-state index in [4.69, 9.17) is 0 Å². The first-order chi connectivity index (χ1) is 10.1. The van der Waals surface area contributed by atoms with Crippen LogP contribution in [0.15, 0.2) is 49.6 Å². The van der Waals surface area contributed by atoms with Crippen molar-refractivity contribution in [3.63, 3.8) is 0 Å². The van der Waals surface area contributed by atoms with Gasteiger partial charge in [0.15, 0.2) is 0 Å². The van der Waals surface area contributed by atoms with E-state index in [1.165, 1.54) is 12.1 Å². The molecule has 0 radical (unpaired) electrons. The van der Waals surface area contributed by atoms with E-state index < -0.39 is 0 Å². The monoisotopic (exact) mass is 290 g/mol. The van der Waals surface area contributed by atoms with E-state index in [9.17, 15) is 9.18 Å². The molecule has 1 aromatic rings. The van der Waals surface area contributed by atoms with E-state index in [2.05, 4.69) is 13.2 Å². The van der Waals surface area contributed by atoms with Crippen LogP contribution in [-0.2, 0) is 11.3 Å². The minimum Gasteiger partial charge on any atom is -0.334 e. The molecule has 0 fully saturated rings. The van der Waals surface area contributed by atoms with E-state index in [0.717, 1.165) is 12.1 Å². The summed E-state index contributed by atoms with van der Waals surface area (Å²) < 4.78 is 13.2. The molecule has 0 bridgehead atoms. The zero-order valence-electron chi connectivity index (χ0n) is 12.6. The van der Waals surface area contributed by atoms with Gasteiger partial charge in [-0.2, -0.15) is 0 Å². The van der Waals surface area contributed by atoms with Gasteiger partial charge in [-0.3, -0.25) is 9.69 Å². The number of amides is 1. The second-order valence-electron chi connectivity index (χ2n) is 4.81. The highest BCUT2D eigenvalue weighted by atomic mass is 19.1. The number of hydrogen-bond donors (Lipinski definition) is 0. The van der Waals surface area contributed by atoms with Crippen molar-refractivity contribution in [1.29, 1.82) is 0 Å². The van der Waals surface area contributed by atoms with Crippen molar-refractivity contribution >= 4 is 5.91 Å². The Morgan fingerprint density at radius 3 is 2.48 bits per heavy atom. The van der Waals surface area contributed by atoms with E-state index in [-0.39, 0.29) is 11.7 Å². The highest BCUT2D eigenvalue weighted by molar-refractivity contribution is 5.78. The lowest BCUT2D eigenvalue weighted by atomic mass is 10.2. The number of benzene rings is 1. The second-order valence-corrected chi connectivity index (χ2v) is 4.81. The lowest BCUT2D eigenvalue weighted by molar-refractivity contribution is -0.131. The zero-order valence-corrected chi connectivity index (χ0v) is 12.6. The Kier molecular flexibility index (Phi) is 7.40. The average molecular weight is 290 g/mol. The van der Waals surface area contributed by atoms with E-state index in [1.54, 1.807) is 23.1 Å². The summed E-state index contributed by atoms with van der Waals surface area (Å²) in [6, 6.07) is 6.46. The first kappa shape index (κ1) is 17.1. The predicted octanol–water partition coefficient (Wildman–Crippen LogP) is 2.85. The van der Waals surface area contributed by atoms with Gasteiger partial charge in [0.1, 0.15) is 5.82 Å². The summed E-state index contributed by atoms with van der Waals surface area (Å²) in [5, 5.41) is 0. The molecule has 4 heteroatoms. The van der Waals surface area contributed by atoms with Crippen LogP contribution in [-0.4, -0.2) is 41.9 Å². The van der Waals surface area contributed by atoms with Crippen molar-refractivity contribution in [3.05, 3.63) is 61.0 Å². The molecule has 0 aliphatic rings. The first-order valence-corrected chi connectivity index (χ1v) is 7.07. The van der Waals surface area contributed by atoms with Crippen LogP contribution in [0.25, 0.3) is 0 Å². The van der Waals surface area contributed by atoms with Crippen molar-refractivity contribution in [1.82, 2.24) is 9.80 Å². The lowest BCUT2D eigenvalue weighted by Gasteiger charge is -2.25. The predicted molar refractivity (Wildman–Crippen MR) is 84.3 cm³/mol. The molecule has 21 heavy (non-hydrogen) atoms. The highest BCUT2D eigenvalue weighted by Gasteiger charge is 2.15. The topological polar surface area (TPSA) is 23.6 Å². The quantitative estimate of drug-likeness (QED) is 0.653. The summed E-state index contributed by atoms with van der Waals surface area (Å²) in [6.45, 7) is 11.9. The number of rotatable bonds is 9. The summed E-state index contributed by atoms with van der Waals surface area (Å²) in [6.07, 6.45) is 3.40. The Bertz CT molecular complexity index is 477. The average Bonchev–Trinajstić information content (AvgIpc) is 2.46. The summed E-state index contributed by atoms with van der Waals surface area (Å²) in [5.74, 6) is -0.233. The molecule has 0 N–H and O–H groups in total. The van der Waals surface area contributed by atoms with Gasteiger partial charge in [0.2, 0.25) is 5.91 Å². The molecule has 0 heterocycles. The van der Waals surface area contributed by atoms with Crippen molar-refractivity contribution < 1.29 is 9.18 Å². The highest BCUT2D eigenvalue weighted by Crippen LogP contribution is 2.07. The maximum absolute atomic E-state index is 13.2. The molecule has 0 aliphatic heterocycles. The van der Waals surface area contributed by atoms with Gasteiger partial charge < -0.3 is 4.90 Å². The smallest absolute Gasteiger partial charge is 0.237 e. The number of halogens is 1. The Balaban J connectivity index is 2.65. The molecule has 1 aromatic carbocycles. The molecule has 0 aliphatic carbocycles. The molecule has 0 aromatic heterocycles. The molecular formula is C17H23FN2O. The Hall–Kier alpha value is -1.94. The molecular weight excluding hydrogens is 267 g/mol. The van der Waals surface area contributed by atoms with E-state index in [1.807, 2.05) is 17.9 Å². The van der Waals surface area contributed by atoms with Crippen LogP contribution < -0.4 is 0 Å². The van der Waals surface area contributed by atoms with Crippen LogP contribution in [0.3, 0.4) is 0 Å². The number of hydrogen-bond acceptors (Lipinski definition) is 2. The second kappa shape index (κ2) is 9.08. The standard InChI is InChI=1S/C17H23FN2O/c1-4-10-20(11-5-2)17(21)14-19(6-3)13-15-8-7-9-16(18)12-15/h4-5,7-9,12H,1-2,6,10-11,13-14H2,3H3. The third kappa shape index (κ3) is 5.92. The number of nitrogens with zero attached hydrogens (tertiary/aromatic N) is 2. The van der Waals surface area contributed by atoms with Crippen LogP contribution in [0, 0.1) is 5.82 Å². The molecule has 1 amide bonds. The maximum Gasteiger partial charge on any atom is 0.237 e. The summed E-state index contributed by atoms with van der Waals surface area (Å²) in [5.41, 5.74) is 0.864. The van der Waals surface area contributed by atoms with Gasteiger partial charge in [-0.1, -0.05) is 31.2 Å². The Morgan fingerprint density at radius 2 is 1.95 bits per heavy atom. The number of carbonyl (C=O) groups excluding carboxylic acids is 1. The molecule has 0 atom stereocenters. The third-order valence-corrected chi connectivity index (χ3v) is 3.15. The SMILES string of the molecule is C=CCN(CC=C)C(=O)CN(CC)Cc1cccc(F)c1. The molecule has 0 spiro atoms. The van der Waals surface area contributed by atoms with Crippen molar-refractivity contribution in [2.75, 3.05) is 26.2 Å². The van der Waals surface area contributed by atoms with Crippen molar-refractivity contribution in [2.45, 2.75) is 13.5 Å². The van der Waals surface area contributed by atoms with Gasteiger partial charge >= 0.3 is 0 Å². The minimum atomic E-state index is -0.255. The molecule has 114 valence electrons. The Labute approximate surface area is 126 Å². The largest absolute Gasteiger partial charge is 0.334 e. The third-order valence-electron chi connectivity index (χ3n) is 3.15. The van der Waals surface area contributed by atoms with Gasteiger partial charge in [-0.15, -0.1) is 13.2 Å². The van der Waals surface area contributed by atoms with Crippen LogP contribution in [0.2, 0.25) is 0 Å². The minimum absolute atomic E-state index is 0.0213. The number of carbonyl (C=O) groups is 1. The zero-order chi connectivity index (χ0) is 15.7. The van der Waals surface area contributed by atoms with Crippen LogP contribution >= 0.6 is 0 Å². The molecule has 3 nitrogen and oxygen atoms in total. The van der Waals surface area contributed by atoms with Crippen molar-refractivity contribution in [3.8, 4) is 0 Å². The van der Waals surface area contributed by atoms with Gasteiger partial charge in [-0.25, -0.2) is 4.39 Å². The fourth-order valence-electron chi connectivity index (χ4n) is 2.05. The fourth-order valence-corrected chi connectivity index (χ4v) is 2.05. The van der Waals surface area contributed by atoms with Gasteiger partial charge in [-0.05, 0) is 24.2 Å². The van der Waals surface area contributed by atoms with Crippen molar-refractivity contribution in [2.24, 2.45) is 0 Å². The summed E-state index contributed by atoms with van der Waals surface area (Å²) in [7, 11) is 0. The summed E-state index contributed by atoms with van der Waals surface area (Å²) in [4.78, 5) is 15.9. The molecule has 0 unspecified atom stereocenters. The van der Waals surface area contributed by atoms with Gasteiger partial charge in [0.25, 0.3) is 0 Å². The fraction of sp³-hybridized carbons (Fsp3) is 0.353. The molecule has 0 saturated heterocycles. The van der Waals surface area contributed by atoms with Gasteiger partial charge in [0, 0.05) is 19.6 Å². The van der Waals surface area contributed by atoms with Crippen LogP contribution in [0.5, 0.6) is 0 Å². The number of likely N-dealkylation sites (N-methyl/N-ethyl adjacent to an activating group) is 1. The van der Waals surface area contributed by atoms with E-state index in [0.29, 0.717) is 26.2 Å². The molecule has 1 rings (SSSR count). The maximum atomic E-state index is 13.2. The lowest BCUT2D eigenvalue weighted by Crippen LogP contribution is -2.40. The van der Waals surface area contributed by atoms with Crippen LogP contribution in [0.1, 0.15) is 12.5 Å². The van der Waals surface area contributed by atoms with Gasteiger partial charge in [0.05, 0.1) is 6.54 Å². The van der Waals surface area contributed by atoms with E-state index >= 15 is 0 Å². The van der Waals surface area contributed by atoms with Crippen LogP contribution in [0.4, 0.5) is 4.39 Å². The molecule has 0 saturated carbocycles. The normalized spacial score (nSPS) is 10.4.